The minimum atomic E-state index is -2.56. The molecule has 0 radical (unpaired) electrons. The van der Waals surface area contributed by atoms with Gasteiger partial charge in [-0.2, -0.15) is 0 Å². The van der Waals surface area contributed by atoms with Gasteiger partial charge in [-0.3, -0.25) is 0 Å². The van der Waals surface area contributed by atoms with E-state index < -0.39 is 19.3 Å². The first-order chi connectivity index (χ1) is 11.4. The highest BCUT2D eigenvalue weighted by molar-refractivity contribution is 5.02. The summed E-state index contributed by atoms with van der Waals surface area (Å²) in [6.45, 7) is -0.628. The molecular formula is C18H32O. The molecule has 110 valence electrons. The molecule has 1 N–H and O–H groups in total. The Hall–Kier alpha value is -0.300. The Morgan fingerprint density at radius 1 is 1.42 bits per heavy atom. The summed E-state index contributed by atoms with van der Waals surface area (Å²) in [4.78, 5) is 0. The second-order valence-corrected chi connectivity index (χ2v) is 6.93. The maximum absolute atomic E-state index is 10.3. The second-order valence-electron chi connectivity index (χ2n) is 6.93. The Balaban J connectivity index is 2.03. The van der Waals surface area contributed by atoms with Crippen LogP contribution in [0.4, 0.5) is 0 Å². The molecule has 2 rings (SSSR count). The Morgan fingerprint density at radius 2 is 2.21 bits per heavy atom. The molecule has 0 spiro atoms. The standard InChI is InChI=1S/C18H32O/c1-13(2)7-5-8-14(3)15-10-11-16-17(19)9-6-12-18(15,16)4/h7,14-17,19H,5-6,8-12H2,1-4H3/t14-,15-,16+,17+,18-/m1/s1/i1D3,2D3. The van der Waals surface area contributed by atoms with E-state index in [0.717, 1.165) is 38.5 Å². The van der Waals surface area contributed by atoms with E-state index in [9.17, 15) is 5.11 Å². The number of aliphatic hydroxyl groups is 1. The van der Waals surface area contributed by atoms with Gasteiger partial charge in [0.1, 0.15) is 0 Å². The molecule has 19 heavy (non-hydrogen) atoms. The zero-order valence-corrected chi connectivity index (χ0v) is 12.3. The van der Waals surface area contributed by atoms with Crippen molar-refractivity contribution in [3.63, 3.8) is 0 Å². The fourth-order valence-electron chi connectivity index (χ4n) is 4.82. The van der Waals surface area contributed by atoms with Gasteiger partial charge in [0.2, 0.25) is 0 Å². The van der Waals surface area contributed by atoms with Crippen LogP contribution in [0.25, 0.3) is 0 Å². The molecule has 0 bridgehead atoms. The normalized spacial score (nSPS) is 45.7. The molecule has 2 saturated carbocycles. The third kappa shape index (κ3) is 3.07. The van der Waals surface area contributed by atoms with Crippen LogP contribution < -0.4 is 0 Å². The lowest BCUT2D eigenvalue weighted by Gasteiger charge is -2.45. The minimum Gasteiger partial charge on any atom is -0.393 e. The van der Waals surface area contributed by atoms with Gasteiger partial charge in [0.25, 0.3) is 0 Å². The molecule has 0 amide bonds. The maximum Gasteiger partial charge on any atom is 0.0573 e. The molecule has 1 heteroatoms. The molecule has 0 saturated heterocycles. The van der Waals surface area contributed by atoms with Gasteiger partial charge in [-0.05, 0) is 75.4 Å². The summed E-state index contributed by atoms with van der Waals surface area (Å²) >= 11 is 0. The number of fused-ring (bicyclic) bond motifs is 1. The van der Waals surface area contributed by atoms with Crippen molar-refractivity contribution >= 4 is 0 Å². The molecule has 0 aliphatic heterocycles. The van der Waals surface area contributed by atoms with Crippen LogP contribution in [-0.4, -0.2) is 11.2 Å². The Kier molecular flexibility index (Phi) is 2.80. The minimum absolute atomic E-state index is 0.164. The van der Waals surface area contributed by atoms with Crippen LogP contribution in [0.5, 0.6) is 0 Å². The van der Waals surface area contributed by atoms with Crippen molar-refractivity contribution in [2.45, 2.75) is 78.6 Å². The van der Waals surface area contributed by atoms with Crippen molar-refractivity contribution in [2.75, 3.05) is 0 Å². The van der Waals surface area contributed by atoms with Crippen molar-refractivity contribution in [3.05, 3.63) is 11.6 Å². The molecular weight excluding hydrogens is 232 g/mol. The van der Waals surface area contributed by atoms with Gasteiger partial charge in [-0.1, -0.05) is 31.9 Å². The molecule has 2 fully saturated rings. The van der Waals surface area contributed by atoms with E-state index in [4.69, 9.17) is 8.22 Å². The average molecular weight is 270 g/mol. The van der Waals surface area contributed by atoms with Gasteiger partial charge < -0.3 is 5.11 Å². The Morgan fingerprint density at radius 3 is 2.95 bits per heavy atom. The predicted molar refractivity (Wildman–Crippen MR) is 82.0 cm³/mol. The van der Waals surface area contributed by atoms with Gasteiger partial charge in [0, 0.05) is 8.22 Å². The first-order valence-electron chi connectivity index (χ1n) is 10.8. The average Bonchev–Trinajstić information content (AvgIpc) is 2.79. The summed E-state index contributed by atoms with van der Waals surface area (Å²) < 4.78 is 44.7. The molecule has 5 atom stereocenters. The largest absolute Gasteiger partial charge is 0.393 e. The number of hydrogen-bond acceptors (Lipinski definition) is 1. The summed E-state index contributed by atoms with van der Waals surface area (Å²) in [5, 5.41) is 10.3. The van der Waals surface area contributed by atoms with Crippen LogP contribution in [-0.2, 0) is 0 Å². The lowest BCUT2D eigenvalue weighted by Crippen LogP contribution is -2.41. The zero-order chi connectivity index (χ0) is 19.0. The molecule has 0 unspecified atom stereocenters. The highest BCUT2D eigenvalue weighted by Gasteiger charge is 2.51. The van der Waals surface area contributed by atoms with E-state index in [1.165, 1.54) is 6.08 Å². The zero-order valence-electron chi connectivity index (χ0n) is 18.3. The number of rotatable bonds is 4. The van der Waals surface area contributed by atoms with Crippen LogP contribution in [0.3, 0.4) is 0 Å². The fourth-order valence-corrected chi connectivity index (χ4v) is 4.82. The van der Waals surface area contributed by atoms with Crippen LogP contribution in [0.15, 0.2) is 11.6 Å². The van der Waals surface area contributed by atoms with Gasteiger partial charge in [0.05, 0.1) is 6.10 Å². The van der Waals surface area contributed by atoms with Gasteiger partial charge in [-0.25, -0.2) is 0 Å². The first kappa shape index (κ1) is 8.87. The first-order valence-corrected chi connectivity index (χ1v) is 7.76. The van der Waals surface area contributed by atoms with Gasteiger partial charge >= 0.3 is 0 Å². The van der Waals surface area contributed by atoms with E-state index in [1.807, 2.05) is 0 Å². The highest BCUT2D eigenvalue weighted by atomic mass is 16.3. The molecule has 1 nitrogen and oxygen atoms in total. The lowest BCUT2D eigenvalue weighted by atomic mass is 9.61. The fraction of sp³-hybridized carbons (Fsp3) is 0.889. The van der Waals surface area contributed by atoms with Crippen molar-refractivity contribution < 1.29 is 13.3 Å². The van der Waals surface area contributed by atoms with E-state index in [2.05, 4.69) is 13.8 Å². The third-order valence-electron chi connectivity index (χ3n) is 5.82. The summed E-state index contributed by atoms with van der Waals surface area (Å²) in [6.07, 6.45) is 7.80. The molecule has 2 aliphatic rings. The number of hydrogen-bond donors (Lipinski definition) is 1. The molecule has 0 heterocycles. The van der Waals surface area contributed by atoms with E-state index in [-0.39, 0.29) is 11.5 Å². The monoisotopic (exact) mass is 270 g/mol. The second kappa shape index (κ2) is 5.99. The predicted octanol–water partition coefficient (Wildman–Crippen LogP) is 4.95. The van der Waals surface area contributed by atoms with Crippen molar-refractivity contribution in [1.29, 1.82) is 0 Å². The smallest absolute Gasteiger partial charge is 0.0573 e. The summed E-state index contributed by atoms with van der Waals surface area (Å²) in [6, 6.07) is 0. The summed E-state index contributed by atoms with van der Waals surface area (Å²) in [5.74, 6) is 1.29. The lowest BCUT2D eigenvalue weighted by molar-refractivity contribution is -0.0275. The Labute approximate surface area is 127 Å². The van der Waals surface area contributed by atoms with E-state index >= 15 is 0 Å². The molecule has 0 aromatic rings. The topological polar surface area (TPSA) is 20.2 Å². The van der Waals surface area contributed by atoms with Gasteiger partial charge in [-0.15, -0.1) is 0 Å². The van der Waals surface area contributed by atoms with Crippen LogP contribution in [0.2, 0.25) is 0 Å². The summed E-state index contributed by atoms with van der Waals surface area (Å²) in [7, 11) is 0. The van der Waals surface area contributed by atoms with Crippen molar-refractivity contribution in [1.82, 2.24) is 0 Å². The van der Waals surface area contributed by atoms with Gasteiger partial charge in [0.15, 0.2) is 0 Å². The molecule has 0 aromatic heterocycles. The molecule has 0 aromatic carbocycles. The van der Waals surface area contributed by atoms with Crippen molar-refractivity contribution in [2.24, 2.45) is 23.2 Å². The Bertz CT molecular complexity index is 479. The SMILES string of the molecule is [2H]C([2H])([2H])C(=CCC[C@@H](C)[C@H]1CC[C@H]2[C@@H](O)CCC[C@]12C)C([2H])([2H])[2H]. The van der Waals surface area contributed by atoms with Crippen LogP contribution >= 0.6 is 0 Å². The quantitative estimate of drug-likeness (QED) is 0.717. The molecule has 2 aliphatic carbocycles. The van der Waals surface area contributed by atoms with E-state index in [0.29, 0.717) is 24.2 Å². The van der Waals surface area contributed by atoms with Crippen LogP contribution in [0, 0.1) is 23.2 Å². The maximum atomic E-state index is 10.3. The highest BCUT2D eigenvalue weighted by Crippen LogP contribution is 2.58. The number of allylic oxidation sites excluding steroid dienone is 2. The van der Waals surface area contributed by atoms with Crippen molar-refractivity contribution in [3.8, 4) is 0 Å². The third-order valence-corrected chi connectivity index (χ3v) is 5.82. The van der Waals surface area contributed by atoms with E-state index in [1.54, 1.807) is 0 Å². The number of aliphatic hydroxyl groups excluding tert-OH is 1. The summed E-state index contributed by atoms with van der Waals surface area (Å²) in [5.41, 5.74) is -0.242. The van der Waals surface area contributed by atoms with Crippen LogP contribution in [0.1, 0.15) is 80.7 Å².